The van der Waals surface area contributed by atoms with Crippen LogP contribution >= 0.6 is 0 Å². The van der Waals surface area contributed by atoms with Crippen LogP contribution in [0, 0.1) is 5.92 Å². The van der Waals surface area contributed by atoms with Gasteiger partial charge in [-0.25, -0.2) is 4.39 Å². The Morgan fingerprint density at radius 1 is 1.50 bits per heavy atom. The summed E-state index contributed by atoms with van der Waals surface area (Å²) in [5, 5.41) is 0. The third-order valence-electron chi connectivity index (χ3n) is 3.00. The maximum Gasteiger partial charge on any atom is 0.123 e. The standard InChI is InChI=1S/C9H17FN2/c10-9(2-3-9)7-12-4-1-8(5-11)6-12/h8H,1-7,11H2. The number of nitrogens with two attached hydrogens (primary N) is 1. The molecule has 2 N–H and O–H groups in total. The minimum Gasteiger partial charge on any atom is -0.330 e. The van der Waals surface area contributed by atoms with Crippen LogP contribution in [0.15, 0.2) is 0 Å². The van der Waals surface area contributed by atoms with Gasteiger partial charge in [0.15, 0.2) is 0 Å². The van der Waals surface area contributed by atoms with Gasteiger partial charge in [0, 0.05) is 13.1 Å². The Bertz CT molecular complexity index is 168. The lowest BCUT2D eigenvalue weighted by Gasteiger charge is -2.17. The summed E-state index contributed by atoms with van der Waals surface area (Å²) in [5.74, 6) is 0.618. The van der Waals surface area contributed by atoms with Crippen molar-refractivity contribution in [2.45, 2.75) is 24.9 Å². The molecule has 1 saturated heterocycles. The van der Waals surface area contributed by atoms with E-state index in [1.165, 1.54) is 0 Å². The highest BCUT2D eigenvalue weighted by molar-refractivity contribution is 4.97. The van der Waals surface area contributed by atoms with E-state index >= 15 is 0 Å². The molecule has 0 bridgehead atoms. The first-order valence-corrected chi connectivity index (χ1v) is 4.83. The van der Waals surface area contributed by atoms with E-state index in [0.717, 1.165) is 38.9 Å². The molecule has 1 atom stereocenters. The molecule has 0 aromatic heterocycles. The molecule has 0 aromatic carbocycles. The average Bonchev–Trinajstić information content (AvgIpc) is 2.63. The molecule has 0 radical (unpaired) electrons. The molecule has 0 amide bonds. The fourth-order valence-electron chi connectivity index (χ4n) is 1.94. The zero-order valence-corrected chi connectivity index (χ0v) is 7.43. The summed E-state index contributed by atoms with van der Waals surface area (Å²) in [5.41, 5.74) is 4.74. The van der Waals surface area contributed by atoms with Crippen LogP contribution in [0.25, 0.3) is 0 Å². The fourth-order valence-corrected chi connectivity index (χ4v) is 1.94. The van der Waals surface area contributed by atoms with Gasteiger partial charge in [-0.05, 0) is 38.3 Å². The van der Waals surface area contributed by atoms with E-state index in [0.29, 0.717) is 12.5 Å². The lowest BCUT2D eigenvalue weighted by atomic mass is 10.1. The highest BCUT2D eigenvalue weighted by Crippen LogP contribution is 2.41. The topological polar surface area (TPSA) is 29.3 Å². The zero-order chi connectivity index (χ0) is 8.60. The Morgan fingerprint density at radius 3 is 2.75 bits per heavy atom. The summed E-state index contributed by atoms with van der Waals surface area (Å²) in [4.78, 5) is 2.23. The highest BCUT2D eigenvalue weighted by Gasteiger charge is 2.45. The maximum atomic E-state index is 13.3. The van der Waals surface area contributed by atoms with Gasteiger partial charge in [0.2, 0.25) is 0 Å². The largest absolute Gasteiger partial charge is 0.330 e. The molecule has 1 heterocycles. The van der Waals surface area contributed by atoms with E-state index in [9.17, 15) is 4.39 Å². The first-order chi connectivity index (χ1) is 5.72. The molecule has 70 valence electrons. The first-order valence-electron chi connectivity index (χ1n) is 4.83. The quantitative estimate of drug-likeness (QED) is 0.681. The summed E-state index contributed by atoms with van der Waals surface area (Å²) in [6, 6.07) is 0. The summed E-state index contributed by atoms with van der Waals surface area (Å²) >= 11 is 0. The van der Waals surface area contributed by atoms with Crippen molar-refractivity contribution in [3.05, 3.63) is 0 Å². The van der Waals surface area contributed by atoms with Crippen molar-refractivity contribution in [3.8, 4) is 0 Å². The van der Waals surface area contributed by atoms with Gasteiger partial charge in [-0.2, -0.15) is 0 Å². The van der Waals surface area contributed by atoms with Crippen molar-refractivity contribution in [2.24, 2.45) is 11.7 Å². The van der Waals surface area contributed by atoms with Crippen molar-refractivity contribution >= 4 is 0 Å². The summed E-state index contributed by atoms with van der Waals surface area (Å²) < 4.78 is 13.3. The SMILES string of the molecule is NCC1CCN(CC2(F)CC2)C1. The highest BCUT2D eigenvalue weighted by atomic mass is 19.1. The Hall–Kier alpha value is -0.150. The Labute approximate surface area is 72.9 Å². The number of likely N-dealkylation sites (tertiary alicyclic amines) is 1. The Balaban J connectivity index is 1.76. The first kappa shape index (κ1) is 8.45. The van der Waals surface area contributed by atoms with Crippen LogP contribution in [0.2, 0.25) is 0 Å². The Morgan fingerprint density at radius 2 is 2.25 bits per heavy atom. The second kappa shape index (κ2) is 2.96. The number of hydrogen-bond acceptors (Lipinski definition) is 2. The van der Waals surface area contributed by atoms with Gasteiger partial charge in [0.05, 0.1) is 0 Å². The predicted octanol–water partition coefficient (Wildman–Crippen LogP) is 0.769. The molecule has 2 aliphatic rings. The van der Waals surface area contributed by atoms with Crippen LogP contribution < -0.4 is 5.73 Å². The van der Waals surface area contributed by atoms with Crippen LogP contribution in [0.4, 0.5) is 4.39 Å². The zero-order valence-electron chi connectivity index (χ0n) is 7.43. The van der Waals surface area contributed by atoms with E-state index in [-0.39, 0.29) is 0 Å². The lowest BCUT2D eigenvalue weighted by Crippen LogP contribution is -2.30. The molecule has 12 heavy (non-hydrogen) atoms. The molecule has 0 spiro atoms. The van der Waals surface area contributed by atoms with E-state index in [1.54, 1.807) is 0 Å². The van der Waals surface area contributed by atoms with Gasteiger partial charge in [-0.3, -0.25) is 4.90 Å². The number of nitrogens with zero attached hydrogens (tertiary/aromatic N) is 1. The predicted molar refractivity (Wildman–Crippen MR) is 46.7 cm³/mol. The van der Waals surface area contributed by atoms with Gasteiger partial charge in [0.1, 0.15) is 5.67 Å². The second-order valence-electron chi connectivity index (χ2n) is 4.28. The number of hydrogen-bond donors (Lipinski definition) is 1. The molecule has 1 saturated carbocycles. The molecule has 0 aromatic rings. The van der Waals surface area contributed by atoms with Crippen LogP contribution in [-0.4, -0.2) is 36.7 Å². The molecule has 3 heteroatoms. The monoisotopic (exact) mass is 172 g/mol. The summed E-state index contributed by atoms with van der Waals surface area (Å²) in [6.07, 6.45) is 2.71. The van der Waals surface area contributed by atoms with Crippen molar-refractivity contribution in [2.75, 3.05) is 26.2 Å². The van der Waals surface area contributed by atoms with Gasteiger partial charge in [-0.1, -0.05) is 0 Å². The van der Waals surface area contributed by atoms with Crippen LogP contribution in [0.1, 0.15) is 19.3 Å². The summed E-state index contributed by atoms with van der Waals surface area (Å²) in [6.45, 7) is 3.48. The van der Waals surface area contributed by atoms with E-state index in [2.05, 4.69) is 4.90 Å². The van der Waals surface area contributed by atoms with Crippen molar-refractivity contribution < 1.29 is 4.39 Å². The van der Waals surface area contributed by atoms with Crippen molar-refractivity contribution in [3.63, 3.8) is 0 Å². The van der Waals surface area contributed by atoms with Gasteiger partial charge in [-0.15, -0.1) is 0 Å². The van der Waals surface area contributed by atoms with Crippen LogP contribution in [0.3, 0.4) is 0 Å². The average molecular weight is 172 g/mol. The molecular weight excluding hydrogens is 155 g/mol. The lowest BCUT2D eigenvalue weighted by molar-refractivity contribution is 0.198. The van der Waals surface area contributed by atoms with E-state index in [4.69, 9.17) is 5.73 Å². The normalized spacial score (nSPS) is 34.0. The van der Waals surface area contributed by atoms with E-state index < -0.39 is 5.67 Å². The van der Waals surface area contributed by atoms with Crippen LogP contribution in [0.5, 0.6) is 0 Å². The minimum atomic E-state index is -0.816. The number of halogens is 1. The van der Waals surface area contributed by atoms with Gasteiger partial charge < -0.3 is 5.73 Å². The molecule has 1 aliphatic heterocycles. The molecule has 2 fully saturated rings. The van der Waals surface area contributed by atoms with Gasteiger partial charge in [0.25, 0.3) is 0 Å². The van der Waals surface area contributed by atoms with Crippen LogP contribution in [-0.2, 0) is 0 Å². The van der Waals surface area contributed by atoms with Crippen molar-refractivity contribution in [1.29, 1.82) is 0 Å². The molecule has 2 rings (SSSR count). The molecule has 1 unspecified atom stereocenters. The minimum absolute atomic E-state index is 0.618. The second-order valence-corrected chi connectivity index (χ2v) is 4.28. The third-order valence-corrected chi connectivity index (χ3v) is 3.00. The third kappa shape index (κ3) is 1.77. The van der Waals surface area contributed by atoms with Crippen molar-refractivity contribution in [1.82, 2.24) is 4.90 Å². The molecular formula is C9H17FN2. The van der Waals surface area contributed by atoms with E-state index in [1.807, 2.05) is 0 Å². The smallest absolute Gasteiger partial charge is 0.123 e. The molecule has 1 aliphatic carbocycles. The number of alkyl halides is 1. The summed E-state index contributed by atoms with van der Waals surface area (Å²) in [7, 11) is 0. The fraction of sp³-hybridized carbons (Fsp3) is 1.00. The van der Waals surface area contributed by atoms with Gasteiger partial charge >= 0.3 is 0 Å². The maximum absolute atomic E-state index is 13.3. The Kier molecular flexibility index (Phi) is 2.09. The number of rotatable bonds is 3. The molecule has 2 nitrogen and oxygen atoms in total.